The second-order valence-electron chi connectivity index (χ2n) is 7.00. The molecule has 0 atom stereocenters. The zero-order valence-electron chi connectivity index (χ0n) is 15.7. The number of benzene rings is 1. The number of hydrogen-bond donors (Lipinski definition) is 1. The van der Waals surface area contributed by atoms with Gasteiger partial charge in [0.2, 0.25) is 5.82 Å². The average Bonchev–Trinajstić information content (AvgIpc) is 3.18. The Morgan fingerprint density at radius 3 is 2.63 bits per heavy atom. The van der Waals surface area contributed by atoms with Crippen LogP contribution in [0.25, 0.3) is 11.4 Å². The molecule has 0 amide bonds. The summed E-state index contributed by atoms with van der Waals surface area (Å²) in [5.74, 6) is 1.80. The molecule has 0 bridgehead atoms. The lowest BCUT2D eigenvalue weighted by molar-refractivity contribution is -0.171. The van der Waals surface area contributed by atoms with E-state index in [4.69, 9.17) is 23.5 Å². The normalized spacial score (nSPS) is 25.3. The Hall–Kier alpha value is -2.32. The van der Waals surface area contributed by atoms with Crippen LogP contribution in [0.3, 0.4) is 0 Å². The molecule has 146 valence electrons. The van der Waals surface area contributed by atoms with Gasteiger partial charge in [0.1, 0.15) is 0 Å². The van der Waals surface area contributed by atoms with Gasteiger partial charge in [0.05, 0.1) is 39.6 Å². The highest BCUT2D eigenvalue weighted by atomic mass is 16.6. The molecule has 0 radical (unpaired) electrons. The minimum absolute atomic E-state index is 0.101. The van der Waals surface area contributed by atoms with Crippen LogP contribution in [0.2, 0.25) is 0 Å². The maximum absolute atomic E-state index is 5.98. The van der Waals surface area contributed by atoms with Crippen LogP contribution in [0.4, 0.5) is 6.01 Å². The van der Waals surface area contributed by atoms with Gasteiger partial charge in [-0.2, -0.15) is 4.98 Å². The van der Waals surface area contributed by atoms with Crippen LogP contribution in [-0.4, -0.2) is 55.8 Å². The maximum atomic E-state index is 5.98. The summed E-state index contributed by atoms with van der Waals surface area (Å²) >= 11 is 0. The molecule has 27 heavy (non-hydrogen) atoms. The zero-order chi connectivity index (χ0) is 18.7. The predicted octanol–water partition coefficient (Wildman–Crippen LogP) is 2.89. The van der Waals surface area contributed by atoms with E-state index in [1.165, 1.54) is 0 Å². The van der Waals surface area contributed by atoms with Crippen molar-refractivity contribution in [1.29, 1.82) is 0 Å². The summed E-state index contributed by atoms with van der Waals surface area (Å²) in [6.07, 6.45) is 3.91. The van der Waals surface area contributed by atoms with Gasteiger partial charge in [0.15, 0.2) is 11.5 Å². The van der Waals surface area contributed by atoms with Crippen molar-refractivity contribution in [3.63, 3.8) is 0 Å². The van der Waals surface area contributed by atoms with Gasteiger partial charge in [-0.25, -0.2) is 0 Å². The van der Waals surface area contributed by atoms with Crippen LogP contribution in [0.15, 0.2) is 22.7 Å². The van der Waals surface area contributed by atoms with Gasteiger partial charge in [-0.15, -0.1) is 0 Å². The molecule has 2 aromatic rings. The van der Waals surface area contributed by atoms with Crippen molar-refractivity contribution in [2.45, 2.75) is 37.3 Å². The third kappa shape index (κ3) is 3.86. The minimum Gasteiger partial charge on any atom is -0.493 e. The number of aromatic nitrogens is 2. The Kier molecular flexibility index (Phi) is 5.18. The van der Waals surface area contributed by atoms with Gasteiger partial charge in [-0.05, 0) is 43.9 Å². The molecule has 0 unspecified atom stereocenters. The third-order valence-corrected chi connectivity index (χ3v) is 5.29. The molecule has 2 heterocycles. The second-order valence-corrected chi connectivity index (χ2v) is 7.00. The second kappa shape index (κ2) is 7.74. The summed E-state index contributed by atoms with van der Waals surface area (Å²) in [7, 11) is 3.20. The first-order valence-corrected chi connectivity index (χ1v) is 9.26. The molecular weight excluding hydrogens is 350 g/mol. The Balaban J connectivity index is 1.39. The molecule has 1 spiro atoms. The van der Waals surface area contributed by atoms with Gasteiger partial charge < -0.3 is 28.8 Å². The van der Waals surface area contributed by atoms with Crippen molar-refractivity contribution in [2.24, 2.45) is 0 Å². The van der Waals surface area contributed by atoms with E-state index in [9.17, 15) is 0 Å². The highest BCUT2D eigenvalue weighted by Crippen LogP contribution is 2.35. The molecule has 1 aromatic carbocycles. The Morgan fingerprint density at radius 1 is 1.11 bits per heavy atom. The third-order valence-electron chi connectivity index (χ3n) is 5.29. The fraction of sp³-hybridized carbons (Fsp3) is 0.579. The molecular formula is C19H25N3O5. The van der Waals surface area contributed by atoms with Gasteiger partial charge in [0.25, 0.3) is 0 Å². The lowest BCUT2D eigenvalue weighted by atomic mass is 9.82. The summed E-state index contributed by atoms with van der Waals surface area (Å²) in [5.41, 5.74) is 0.704. The first-order chi connectivity index (χ1) is 13.2. The van der Waals surface area contributed by atoms with Crippen LogP contribution in [0.1, 0.15) is 25.7 Å². The van der Waals surface area contributed by atoms with Crippen molar-refractivity contribution in [3.8, 4) is 22.9 Å². The number of ether oxygens (including phenoxy) is 4. The van der Waals surface area contributed by atoms with E-state index in [1.807, 2.05) is 18.2 Å². The number of rotatable bonds is 5. The number of nitrogens with zero attached hydrogens (tertiary/aromatic N) is 2. The molecule has 8 heteroatoms. The molecule has 1 saturated heterocycles. The van der Waals surface area contributed by atoms with Crippen molar-refractivity contribution in [1.82, 2.24) is 10.1 Å². The molecule has 2 aliphatic rings. The Labute approximate surface area is 158 Å². The van der Waals surface area contributed by atoms with E-state index in [2.05, 4.69) is 15.5 Å². The fourth-order valence-electron chi connectivity index (χ4n) is 3.74. The standard InChI is InChI=1S/C19H25N3O5/c1-23-15-4-3-13(11-16(15)24-2)17-21-18(27-22-17)20-14-5-7-19(8-6-14)12-25-9-10-26-19/h3-4,11,14H,5-10,12H2,1-2H3,(H,20,21,22). The number of hydrogen-bond acceptors (Lipinski definition) is 8. The SMILES string of the molecule is COc1ccc(-c2noc(NC3CCC4(CC3)COCCO4)n2)cc1OC. The summed E-state index contributed by atoms with van der Waals surface area (Å²) < 4.78 is 27.6. The first kappa shape index (κ1) is 18.1. The number of anilines is 1. The maximum Gasteiger partial charge on any atom is 0.322 e. The van der Waals surface area contributed by atoms with Gasteiger partial charge >= 0.3 is 6.01 Å². The molecule has 1 aliphatic carbocycles. The largest absolute Gasteiger partial charge is 0.493 e. The smallest absolute Gasteiger partial charge is 0.322 e. The highest BCUT2D eigenvalue weighted by molar-refractivity contribution is 5.61. The Bertz CT molecular complexity index is 762. The van der Waals surface area contributed by atoms with E-state index in [-0.39, 0.29) is 5.60 Å². The van der Waals surface area contributed by atoms with Crippen LogP contribution in [-0.2, 0) is 9.47 Å². The van der Waals surface area contributed by atoms with E-state index >= 15 is 0 Å². The number of nitrogens with one attached hydrogen (secondary N) is 1. The van der Waals surface area contributed by atoms with Crippen LogP contribution in [0.5, 0.6) is 11.5 Å². The fourth-order valence-corrected chi connectivity index (χ4v) is 3.74. The van der Waals surface area contributed by atoms with Crippen molar-refractivity contribution in [2.75, 3.05) is 39.4 Å². The van der Waals surface area contributed by atoms with Crippen molar-refractivity contribution >= 4 is 6.01 Å². The topological polar surface area (TPSA) is 87.9 Å². The lowest BCUT2D eigenvalue weighted by Gasteiger charge is -2.42. The first-order valence-electron chi connectivity index (χ1n) is 9.26. The van der Waals surface area contributed by atoms with Gasteiger partial charge in [-0.3, -0.25) is 0 Å². The van der Waals surface area contributed by atoms with Gasteiger partial charge in [-0.1, -0.05) is 5.16 Å². The van der Waals surface area contributed by atoms with Gasteiger partial charge in [0, 0.05) is 11.6 Å². The van der Waals surface area contributed by atoms with Crippen molar-refractivity contribution in [3.05, 3.63) is 18.2 Å². The minimum atomic E-state index is -0.101. The summed E-state index contributed by atoms with van der Waals surface area (Å²) in [4.78, 5) is 4.47. The molecule has 2 fully saturated rings. The molecule has 1 N–H and O–H groups in total. The van der Waals surface area contributed by atoms with Crippen LogP contribution in [0, 0.1) is 0 Å². The van der Waals surface area contributed by atoms with E-state index in [1.54, 1.807) is 14.2 Å². The molecule has 4 rings (SSSR count). The zero-order valence-corrected chi connectivity index (χ0v) is 15.7. The molecule has 1 aromatic heterocycles. The summed E-state index contributed by atoms with van der Waals surface area (Å²) in [6, 6.07) is 6.25. The quantitative estimate of drug-likeness (QED) is 0.853. The molecule has 1 saturated carbocycles. The lowest BCUT2D eigenvalue weighted by Crippen LogP contribution is -2.47. The number of methoxy groups -OCH3 is 2. The summed E-state index contributed by atoms with van der Waals surface area (Å²) in [6.45, 7) is 2.09. The predicted molar refractivity (Wildman–Crippen MR) is 98.2 cm³/mol. The highest BCUT2D eigenvalue weighted by Gasteiger charge is 2.38. The van der Waals surface area contributed by atoms with Crippen molar-refractivity contribution < 1.29 is 23.5 Å². The molecule has 1 aliphatic heterocycles. The average molecular weight is 375 g/mol. The monoisotopic (exact) mass is 375 g/mol. The van der Waals surface area contributed by atoms with E-state index < -0.39 is 0 Å². The molecule has 8 nitrogen and oxygen atoms in total. The van der Waals surface area contributed by atoms with Crippen LogP contribution >= 0.6 is 0 Å². The summed E-state index contributed by atoms with van der Waals surface area (Å²) in [5, 5.41) is 7.43. The van der Waals surface area contributed by atoms with E-state index in [0.717, 1.165) is 31.2 Å². The van der Waals surface area contributed by atoms with E-state index in [0.29, 0.717) is 49.2 Å². The van der Waals surface area contributed by atoms with Crippen LogP contribution < -0.4 is 14.8 Å². The Morgan fingerprint density at radius 2 is 1.93 bits per heavy atom.